The summed E-state index contributed by atoms with van der Waals surface area (Å²) in [5.74, 6) is 2.06. The number of aromatic nitrogens is 8. The summed E-state index contributed by atoms with van der Waals surface area (Å²) in [7, 11) is 1.66. The van der Waals surface area contributed by atoms with Crippen molar-refractivity contribution in [2.75, 3.05) is 7.11 Å². The first-order valence-electron chi connectivity index (χ1n) is 20.1. The molecule has 15 heteroatoms. The fourth-order valence-corrected chi connectivity index (χ4v) is 9.24. The quantitative estimate of drug-likeness (QED) is 0.0846. The zero-order valence-corrected chi connectivity index (χ0v) is 35.4. The summed E-state index contributed by atoms with van der Waals surface area (Å²) in [6.45, 7) is 8.64. The Morgan fingerprint density at radius 2 is 1.43 bits per heavy atom. The van der Waals surface area contributed by atoms with Crippen LogP contribution in [0.25, 0.3) is 56.0 Å². The highest BCUT2D eigenvalue weighted by Crippen LogP contribution is 2.49. The van der Waals surface area contributed by atoms with Crippen LogP contribution in [0.5, 0.6) is 28.7 Å². The van der Waals surface area contributed by atoms with Gasteiger partial charge >= 0.3 is 0 Å². The number of aryl methyl sites for hydroxylation is 1. The van der Waals surface area contributed by atoms with E-state index in [1.54, 1.807) is 16.4 Å². The summed E-state index contributed by atoms with van der Waals surface area (Å²) in [4.78, 5) is 0. The van der Waals surface area contributed by atoms with Crippen LogP contribution < -0.4 is 4.74 Å². The fourth-order valence-electron chi connectivity index (χ4n) is 8.72. The highest BCUT2D eigenvalue weighted by molar-refractivity contribution is 7.71. The number of rotatable bonds is 10. The van der Waals surface area contributed by atoms with Crippen molar-refractivity contribution in [3.8, 4) is 62.9 Å². The van der Waals surface area contributed by atoms with Crippen LogP contribution in [0.4, 0.5) is 0 Å². The molecule has 60 heavy (non-hydrogen) atoms. The van der Waals surface area contributed by atoms with Crippen LogP contribution in [-0.2, 0) is 6.67 Å². The molecule has 10 rings (SSSR count). The van der Waals surface area contributed by atoms with E-state index in [1.165, 1.54) is 12.1 Å². The maximum absolute atomic E-state index is 11.5. The summed E-state index contributed by atoms with van der Waals surface area (Å²) in [6, 6.07) is 18.6. The van der Waals surface area contributed by atoms with Gasteiger partial charge < -0.3 is 34.3 Å². The van der Waals surface area contributed by atoms with Gasteiger partial charge in [0.25, 0.3) is 0 Å². The zero-order chi connectivity index (χ0) is 41.9. The molecule has 5 N–H and O–H groups in total. The van der Waals surface area contributed by atoms with Crippen molar-refractivity contribution >= 4 is 46.2 Å². The molecule has 0 radical (unpaired) electrons. The number of hydrogen-bond acceptors (Lipinski definition) is 9. The lowest BCUT2D eigenvalue weighted by Gasteiger charge is -2.15. The highest BCUT2D eigenvalue weighted by Gasteiger charge is 2.31. The molecule has 13 nitrogen and oxygen atoms in total. The minimum atomic E-state index is -0.0950. The maximum Gasteiger partial charge on any atom is 0.204 e. The molecule has 0 atom stereocenters. The number of methoxy groups -OCH3 is 1. The van der Waals surface area contributed by atoms with Crippen LogP contribution in [-0.4, -0.2) is 65.8 Å². The molecule has 0 amide bonds. The molecule has 4 aromatic carbocycles. The van der Waals surface area contributed by atoms with Crippen molar-refractivity contribution in [3.63, 3.8) is 0 Å². The maximum atomic E-state index is 11.5. The minimum absolute atomic E-state index is 0.0696. The summed E-state index contributed by atoms with van der Waals surface area (Å²) >= 11 is 12.1. The SMILES string of the molecule is COc1ccc(-n2c(-c3cc(C4CC4)c(O)cc3O)nn(Cn3c(C)c(C)c4cc(-n5c(-c6cc(C7CC7)c(O)cc6O)n[nH]c5=S)ccc43)c2=S)c2ccn(C(C)C)c12. The molecule has 0 aliphatic heterocycles. The van der Waals surface area contributed by atoms with Gasteiger partial charge in [0.2, 0.25) is 4.77 Å². The van der Waals surface area contributed by atoms with Gasteiger partial charge in [-0.2, -0.15) is 5.10 Å². The average Bonchev–Trinajstić information content (AvgIpc) is 4.12. The third kappa shape index (κ3) is 5.92. The van der Waals surface area contributed by atoms with Crippen LogP contribution in [0.1, 0.15) is 79.8 Å². The second-order valence-corrected chi connectivity index (χ2v) is 17.1. The molecule has 2 saturated carbocycles. The van der Waals surface area contributed by atoms with Crippen molar-refractivity contribution in [1.29, 1.82) is 0 Å². The highest BCUT2D eigenvalue weighted by atomic mass is 32.1. The second-order valence-electron chi connectivity index (χ2n) is 16.4. The van der Waals surface area contributed by atoms with E-state index in [0.717, 1.165) is 87.0 Å². The van der Waals surface area contributed by atoms with Gasteiger partial charge in [0.05, 0.1) is 40.6 Å². The number of fused-ring (bicyclic) bond motifs is 2. The van der Waals surface area contributed by atoms with Crippen LogP contribution in [0.15, 0.2) is 66.9 Å². The van der Waals surface area contributed by atoms with Crippen molar-refractivity contribution in [1.82, 2.24) is 38.2 Å². The van der Waals surface area contributed by atoms with E-state index in [4.69, 9.17) is 34.3 Å². The molecule has 306 valence electrons. The Labute approximate surface area is 355 Å². The number of ether oxygens (including phenoxy) is 1. The number of aromatic hydroxyl groups is 4. The first kappa shape index (κ1) is 37.9. The Bertz CT molecular complexity index is 3190. The van der Waals surface area contributed by atoms with Gasteiger partial charge in [-0.1, -0.05) is 0 Å². The molecule has 2 fully saturated rings. The average molecular weight is 841 g/mol. The van der Waals surface area contributed by atoms with Crippen LogP contribution >= 0.6 is 24.4 Å². The molecule has 8 aromatic rings. The number of H-pyrrole nitrogens is 1. The standard InChI is InChI=1S/C45H44N8O5S2/c1-22(2)49-15-14-28-35(12-13-40(58-5)41(28)49)53-43(33-18-31(26-8-9-26)37(55)20-39(33)57)48-51(45(53)60)21-50-24(4)23(3)29-16-27(10-11-34(29)50)52-42(46-47-44(52)59)32-17-30(25-6-7-25)36(54)19-38(32)56/h10-20,22,25-26,54-57H,6-9,21H2,1-5H3,(H,47,59). The Balaban J connectivity index is 1.12. The second kappa shape index (κ2) is 13.9. The zero-order valence-electron chi connectivity index (χ0n) is 33.8. The number of phenolic OH excluding ortho intramolecular Hbond substituents is 4. The van der Waals surface area contributed by atoms with E-state index in [0.29, 0.717) is 32.3 Å². The first-order valence-corrected chi connectivity index (χ1v) is 20.9. The van der Waals surface area contributed by atoms with Crippen LogP contribution in [0.2, 0.25) is 0 Å². The molecular formula is C45H44N8O5S2. The molecular weight excluding hydrogens is 797 g/mol. The fraction of sp³-hybridized carbons (Fsp3) is 0.289. The molecule has 4 aromatic heterocycles. The predicted molar refractivity (Wildman–Crippen MR) is 235 cm³/mol. The minimum Gasteiger partial charge on any atom is -0.508 e. The Morgan fingerprint density at radius 1 is 0.783 bits per heavy atom. The lowest BCUT2D eigenvalue weighted by molar-refractivity contribution is 0.416. The molecule has 0 bridgehead atoms. The van der Waals surface area contributed by atoms with Crippen molar-refractivity contribution in [3.05, 3.63) is 98.8 Å². The molecule has 2 aliphatic carbocycles. The largest absolute Gasteiger partial charge is 0.508 e. The Morgan fingerprint density at radius 3 is 2.05 bits per heavy atom. The smallest absolute Gasteiger partial charge is 0.204 e. The summed E-state index contributed by atoms with van der Waals surface area (Å²) in [5.41, 5.74) is 7.98. The van der Waals surface area contributed by atoms with Crippen molar-refractivity contribution in [2.45, 2.75) is 77.9 Å². The van der Waals surface area contributed by atoms with E-state index in [2.05, 4.69) is 59.2 Å². The number of benzene rings is 4. The summed E-state index contributed by atoms with van der Waals surface area (Å²) in [6.07, 6.45) is 5.96. The van der Waals surface area contributed by atoms with Gasteiger partial charge in [-0.05, 0) is 155 Å². The molecule has 0 spiro atoms. The predicted octanol–water partition coefficient (Wildman–Crippen LogP) is 10.2. The molecule has 4 heterocycles. The molecule has 0 unspecified atom stereocenters. The van der Waals surface area contributed by atoms with Crippen LogP contribution in [0.3, 0.4) is 0 Å². The van der Waals surface area contributed by atoms with Crippen molar-refractivity contribution in [2.24, 2.45) is 0 Å². The van der Waals surface area contributed by atoms with E-state index >= 15 is 0 Å². The van der Waals surface area contributed by atoms with Gasteiger partial charge in [0, 0.05) is 40.8 Å². The van der Waals surface area contributed by atoms with E-state index < -0.39 is 0 Å². The van der Waals surface area contributed by atoms with E-state index in [1.807, 2.05) is 47.2 Å². The summed E-state index contributed by atoms with van der Waals surface area (Å²) in [5, 5.41) is 58.4. The molecule has 2 aliphatic rings. The monoisotopic (exact) mass is 840 g/mol. The lowest BCUT2D eigenvalue weighted by atomic mass is 10.0. The van der Waals surface area contributed by atoms with Crippen molar-refractivity contribution < 1.29 is 25.2 Å². The number of hydrogen-bond donors (Lipinski definition) is 5. The van der Waals surface area contributed by atoms with Gasteiger partial charge in [-0.3, -0.25) is 14.2 Å². The Kier molecular flexibility index (Phi) is 8.77. The number of phenols is 4. The third-order valence-electron chi connectivity index (χ3n) is 12.3. The van der Waals surface area contributed by atoms with Gasteiger partial charge in [0.1, 0.15) is 35.4 Å². The topological polar surface area (TPSA) is 156 Å². The lowest BCUT2D eigenvalue weighted by Crippen LogP contribution is -2.11. The van der Waals surface area contributed by atoms with Crippen LogP contribution in [0, 0.1) is 23.4 Å². The normalized spacial score (nSPS) is 14.3. The number of nitrogens with zero attached hydrogens (tertiary/aromatic N) is 7. The number of nitrogens with one attached hydrogen (secondary N) is 1. The third-order valence-corrected chi connectivity index (χ3v) is 13.0. The van der Waals surface area contributed by atoms with E-state index in [9.17, 15) is 20.4 Å². The number of aromatic amines is 1. The Hall–Kier alpha value is -6.32. The van der Waals surface area contributed by atoms with Gasteiger partial charge in [-0.25, -0.2) is 4.68 Å². The van der Waals surface area contributed by atoms with E-state index in [-0.39, 0.29) is 47.5 Å². The molecule has 0 saturated heterocycles. The van der Waals surface area contributed by atoms with Gasteiger partial charge in [0.15, 0.2) is 16.4 Å². The summed E-state index contributed by atoms with van der Waals surface area (Å²) < 4.78 is 16.4. The van der Waals surface area contributed by atoms with Gasteiger partial charge in [-0.15, -0.1) is 5.10 Å². The first-order chi connectivity index (χ1) is 28.8.